The third kappa shape index (κ3) is 3.69. The van der Waals surface area contributed by atoms with Gasteiger partial charge < -0.3 is 10.1 Å². The highest BCUT2D eigenvalue weighted by molar-refractivity contribution is 5.90. The molecule has 5 heteroatoms. The molecule has 1 amide bonds. The van der Waals surface area contributed by atoms with Crippen LogP contribution in [0, 0.1) is 0 Å². The zero-order chi connectivity index (χ0) is 16.1. The van der Waals surface area contributed by atoms with Gasteiger partial charge in [-0.05, 0) is 37.3 Å². The van der Waals surface area contributed by atoms with E-state index in [-0.39, 0.29) is 5.91 Å². The van der Waals surface area contributed by atoms with Crippen LogP contribution in [0.2, 0.25) is 0 Å². The van der Waals surface area contributed by atoms with Crippen LogP contribution in [0.1, 0.15) is 13.3 Å². The van der Waals surface area contributed by atoms with Crippen molar-refractivity contribution in [3.63, 3.8) is 0 Å². The second kappa shape index (κ2) is 6.96. The first kappa shape index (κ1) is 15.1. The fourth-order valence-electron chi connectivity index (χ4n) is 2.44. The second-order valence-electron chi connectivity index (χ2n) is 5.18. The van der Waals surface area contributed by atoms with Gasteiger partial charge in [-0.3, -0.25) is 9.48 Å². The van der Waals surface area contributed by atoms with Crippen molar-refractivity contribution in [3.8, 4) is 5.75 Å². The van der Waals surface area contributed by atoms with Crippen molar-refractivity contribution in [2.75, 3.05) is 11.9 Å². The molecule has 0 atom stereocenters. The number of hydrogen-bond donors (Lipinski definition) is 1. The van der Waals surface area contributed by atoms with Gasteiger partial charge in [-0.1, -0.05) is 18.2 Å². The van der Waals surface area contributed by atoms with Gasteiger partial charge in [0, 0.05) is 17.5 Å². The zero-order valence-electron chi connectivity index (χ0n) is 13.0. The van der Waals surface area contributed by atoms with E-state index in [1.165, 1.54) is 0 Å². The molecule has 3 rings (SSSR count). The van der Waals surface area contributed by atoms with Crippen molar-refractivity contribution < 1.29 is 9.53 Å². The van der Waals surface area contributed by atoms with E-state index < -0.39 is 0 Å². The molecule has 0 aliphatic rings. The molecule has 0 unspecified atom stereocenters. The lowest BCUT2D eigenvalue weighted by Gasteiger charge is -2.07. The van der Waals surface area contributed by atoms with E-state index in [1.54, 1.807) is 0 Å². The largest absolute Gasteiger partial charge is 0.494 e. The van der Waals surface area contributed by atoms with Crippen LogP contribution in [0.5, 0.6) is 5.75 Å². The highest BCUT2D eigenvalue weighted by atomic mass is 16.5. The summed E-state index contributed by atoms with van der Waals surface area (Å²) in [4.78, 5) is 12.1. The summed E-state index contributed by atoms with van der Waals surface area (Å²) in [7, 11) is 0. The molecule has 0 aliphatic carbocycles. The quantitative estimate of drug-likeness (QED) is 0.758. The number of para-hydroxylation sites is 1. The van der Waals surface area contributed by atoms with Crippen molar-refractivity contribution in [1.82, 2.24) is 9.78 Å². The zero-order valence-corrected chi connectivity index (χ0v) is 13.0. The van der Waals surface area contributed by atoms with E-state index in [2.05, 4.69) is 10.4 Å². The Morgan fingerprint density at radius 3 is 2.74 bits per heavy atom. The Kier molecular flexibility index (Phi) is 4.57. The van der Waals surface area contributed by atoms with Gasteiger partial charge in [0.05, 0.1) is 24.9 Å². The first-order valence-corrected chi connectivity index (χ1v) is 7.69. The molecule has 23 heavy (non-hydrogen) atoms. The number of carbonyl (C=O) groups is 1. The average molecular weight is 309 g/mol. The van der Waals surface area contributed by atoms with E-state index >= 15 is 0 Å². The average Bonchev–Trinajstić information content (AvgIpc) is 2.98. The van der Waals surface area contributed by atoms with Crippen LogP contribution in [0.25, 0.3) is 10.9 Å². The van der Waals surface area contributed by atoms with Crippen LogP contribution < -0.4 is 10.1 Å². The molecule has 2 aromatic carbocycles. The summed E-state index contributed by atoms with van der Waals surface area (Å²) >= 11 is 0. The fraction of sp³-hybridized carbons (Fsp3) is 0.222. The Bertz CT molecular complexity index is 793. The molecule has 0 aliphatic heterocycles. The molecule has 3 aromatic rings. The molecule has 1 aromatic heterocycles. The maximum Gasteiger partial charge on any atom is 0.226 e. The highest BCUT2D eigenvalue weighted by Crippen LogP contribution is 2.16. The molecule has 0 saturated carbocycles. The van der Waals surface area contributed by atoms with Crippen molar-refractivity contribution in [3.05, 3.63) is 54.7 Å². The molecule has 0 bridgehead atoms. The molecule has 0 radical (unpaired) electrons. The number of nitrogens with zero attached hydrogens (tertiary/aromatic N) is 2. The summed E-state index contributed by atoms with van der Waals surface area (Å²) in [6, 6.07) is 15.3. The summed E-state index contributed by atoms with van der Waals surface area (Å²) in [5, 5.41) is 8.30. The minimum Gasteiger partial charge on any atom is -0.494 e. The van der Waals surface area contributed by atoms with Crippen molar-refractivity contribution in [2.24, 2.45) is 0 Å². The molecular weight excluding hydrogens is 290 g/mol. The van der Waals surface area contributed by atoms with Gasteiger partial charge in [-0.25, -0.2) is 0 Å². The maximum absolute atomic E-state index is 12.1. The fourth-order valence-corrected chi connectivity index (χ4v) is 2.44. The first-order valence-electron chi connectivity index (χ1n) is 7.69. The number of aryl methyl sites for hydroxylation is 1. The summed E-state index contributed by atoms with van der Waals surface area (Å²) in [6.45, 7) is 3.12. The van der Waals surface area contributed by atoms with E-state index in [1.807, 2.05) is 66.3 Å². The van der Waals surface area contributed by atoms with Crippen molar-refractivity contribution in [2.45, 2.75) is 19.9 Å². The minimum atomic E-state index is -0.0336. The number of rotatable bonds is 6. The smallest absolute Gasteiger partial charge is 0.226 e. The number of carbonyl (C=O) groups excluding carboxylic acids is 1. The number of amides is 1. The SMILES string of the molecule is CCOc1ccc(NC(=O)CCn2ncc3ccccc32)cc1. The standard InChI is InChI=1S/C18H19N3O2/c1-2-23-16-9-7-15(8-10-16)20-18(22)11-12-21-17-6-4-3-5-14(17)13-19-21/h3-10,13H,2,11-12H2,1H3,(H,20,22). The molecule has 0 fully saturated rings. The van der Waals surface area contributed by atoms with E-state index in [0.29, 0.717) is 19.6 Å². The molecule has 1 heterocycles. The molecule has 1 N–H and O–H groups in total. The molecule has 0 saturated heterocycles. The first-order chi connectivity index (χ1) is 11.3. The van der Waals surface area contributed by atoms with Gasteiger partial charge in [0.1, 0.15) is 5.75 Å². The van der Waals surface area contributed by atoms with Crippen LogP contribution in [-0.2, 0) is 11.3 Å². The highest BCUT2D eigenvalue weighted by Gasteiger charge is 2.06. The van der Waals surface area contributed by atoms with Gasteiger partial charge in [0.2, 0.25) is 5.91 Å². The topological polar surface area (TPSA) is 56.1 Å². The normalized spacial score (nSPS) is 10.7. The number of aromatic nitrogens is 2. The predicted octanol–water partition coefficient (Wildman–Crippen LogP) is 3.46. The maximum atomic E-state index is 12.1. The number of ether oxygens (including phenoxy) is 1. The van der Waals surface area contributed by atoms with Gasteiger partial charge in [0.15, 0.2) is 0 Å². The minimum absolute atomic E-state index is 0.0336. The Labute approximate surface area is 134 Å². The number of benzene rings is 2. The van der Waals surface area contributed by atoms with Gasteiger partial charge >= 0.3 is 0 Å². The number of nitrogens with one attached hydrogen (secondary N) is 1. The van der Waals surface area contributed by atoms with E-state index in [0.717, 1.165) is 22.3 Å². The summed E-state index contributed by atoms with van der Waals surface area (Å²) < 4.78 is 7.23. The van der Waals surface area contributed by atoms with E-state index in [4.69, 9.17) is 4.74 Å². The lowest BCUT2D eigenvalue weighted by Crippen LogP contribution is -2.14. The van der Waals surface area contributed by atoms with Gasteiger partial charge in [0.25, 0.3) is 0 Å². The lowest BCUT2D eigenvalue weighted by atomic mass is 10.2. The molecule has 5 nitrogen and oxygen atoms in total. The van der Waals surface area contributed by atoms with Gasteiger partial charge in [-0.15, -0.1) is 0 Å². The van der Waals surface area contributed by atoms with Crippen LogP contribution in [-0.4, -0.2) is 22.3 Å². The number of hydrogen-bond acceptors (Lipinski definition) is 3. The summed E-state index contributed by atoms with van der Waals surface area (Å²) in [5.74, 6) is 0.766. The Balaban J connectivity index is 1.57. The predicted molar refractivity (Wildman–Crippen MR) is 90.6 cm³/mol. The lowest BCUT2D eigenvalue weighted by molar-refractivity contribution is -0.116. The Hall–Kier alpha value is -2.82. The second-order valence-corrected chi connectivity index (χ2v) is 5.18. The third-order valence-electron chi connectivity index (χ3n) is 3.55. The van der Waals surface area contributed by atoms with E-state index in [9.17, 15) is 4.79 Å². The molecular formula is C18H19N3O2. The monoisotopic (exact) mass is 309 g/mol. The molecule has 0 spiro atoms. The van der Waals surface area contributed by atoms with Crippen LogP contribution in [0.4, 0.5) is 5.69 Å². The summed E-state index contributed by atoms with van der Waals surface area (Å²) in [6.07, 6.45) is 2.19. The van der Waals surface area contributed by atoms with Crippen molar-refractivity contribution in [1.29, 1.82) is 0 Å². The van der Waals surface area contributed by atoms with Crippen LogP contribution >= 0.6 is 0 Å². The van der Waals surface area contributed by atoms with Crippen molar-refractivity contribution >= 4 is 22.5 Å². The summed E-state index contributed by atoms with van der Waals surface area (Å²) in [5.41, 5.74) is 1.81. The van der Waals surface area contributed by atoms with Crippen LogP contribution in [0.15, 0.2) is 54.7 Å². The van der Waals surface area contributed by atoms with Crippen LogP contribution in [0.3, 0.4) is 0 Å². The molecule has 118 valence electrons. The number of anilines is 1. The Morgan fingerprint density at radius 2 is 1.96 bits per heavy atom. The third-order valence-corrected chi connectivity index (χ3v) is 3.55. The Morgan fingerprint density at radius 1 is 1.17 bits per heavy atom. The van der Waals surface area contributed by atoms with Gasteiger partial charge in [-0.2, -0.15) is 5.10 Å². The number of fused-ring (bicyclic) bond motifs is 1.